The first kappa shape index (κ1) is 48.3. The molecule has 10 heteroatoms. The van der Waals surface area contributed by atoms with Crippen LogP contribution in [0.4, 0.5) is 0 Å². The van der Waals surface area contributed by atoms with Crippen LogP contribution in [-0.4, -0.2) is 45.7 Å². The molecule has 4 aliphatic rings. The first-order valence-corrected chi connectivity index (χ1v) is 26.4. The Morgan fingerprint density at radius 3 is 1.46 bits per heavy atom. The van der Waals surface area contributed by atoms with Crippen molar-refractivity contribution in [3.63, 3.8) is 0 Å². The number of nitrogens with zero attached hydrogens (tertiary/aromatic N) is 2. The lowest BCUT2D eigenvalue weighted by atomic mass is 9.91. The lowest BCUT2D eigenvalue weighted by Crippen LogP contribution is -2.07. The highest BCUT2D eigenvalue weighted by Crippen LogP contribution is 2.43. The number of H-pyrrole nitrogens is 2. The van der Waals surface area contributed by atoms with E-state index < -0.39 is 5.97 Å². The fourth-order valence-corrected chi connectivity index (χ4v) is 10.7. The van der Waals surface area contributed by atoms with Crippen LogP contribution in [0.1, 0.15) is 46.5 Å². The van der Waals surface area contributed by atoms with Gasteiger partial charge in [0.05, 0.1) is 48.2 Å². The highest BCUT2D eigenvalue weighted by molar-refractivity contribution is 6.08. The number of ether oxygens (including phenoxy) is 3. The summed E-state index contributed by atoms with van der Waals surface area (Å²) in [4.78, 5) is 44.2. The predicted molar refractivity (Wildman–Crippen MR) is 317 cm³/mol. The van der Waals surface area contributed by atoms with Gasteiger partial charge in [-0.1, -0.05) is 121 Å². The molecule has 0 radical (unpaired) electrons. The average molecular weight is 1030 g/mol. The number of aromatic amines is 2. The van der Waals surface area contributed by atoms with E-state index >= 15 is 0 Å². The van der Waals surface area contributed by atoms with Crippen LogP contribution < -0.4 is 14.9 Å². The molecule has 0 unspecified atom stereocenters. The molecule has 9 aromatic rings. The molecule has 3 aromatic heterocycles. The van der Waals surface area contributed by atoms with Gasteiger partial charge in [-0.2, -0.15) is 0 Å². The molecule has 2 N–H and O–H groups in total. The number of rotatable bonds is 13. The number of aromatic nitrogens is 4. The van der Waals surface area contributed by atoms with Gasteiger partial charge in [-0.05, 0) is 126 Å². The SMILES string of the molecule is CCOC(=O)c1ccccc1-c1c2ccc(=O)cc-2oc2cc(OCCCOc3ccc(-c4c5nc(c(-c6ccccc6)c6ccc([nH]6)c(-c6ccccc6)c6nc(c(-c7ccccc7)c7ccc4[nH]7)C=C6)C=C5)cc3)ccc12. The summed E-state index contributed by atoms with van der Waals surface area (Å²) in [7, 11) is 0. The van der Waals surface area contributed by atoms with Crippen LogP contribution in [0.15, 0.2) is 209 Å². The minimum Gasteiger partial charge on any atom is -0.493 e. The maximum Gasteiger partial charge on any atom is 0.338 e. The third kappa shape index (κ3) is 9.46. The van der Waals surface area contributed by atoms with Gasteiger partial charge in [-0.3, -0.25) is 4.79 Å². The fourth-order valence-electron chi connectivity index (χ4n) is 10.7. The summed E-state index contributed by atoms with van der Waals surface area (Å²) >= 11 is 0. The second-order valence-electron chi connectivity index (χ2n) is 19.2. The number of esters is 1. The zero-order valence-corrected chi connectivity index (χ0v) is 43.0. The second-order valence-corrected chi connectivity index (χ2v) is 19.2. The Hall–Kier alpha value is -10.3. The van der Waals surface area contributed by atoms with Crippen molar-refractivity contribution in [1.29, 1.82) is 0 Å². The number of fused-ring (bicyclic) bond motifs is 10. The topological polar surface area (TPSA) is 132 Å². The molecule has 0 atom stereocenters. The highest BCUT2D eigenvalue weighted by atomic mass is 16.5. The summed E-state index contributed by atoms with van der Waals surface area (Å²) in [5.74, 6) is 1.29. The molecule has 382 valence electrons. The smallest absolute Gasteiger partial charge is 0.338 e. The Kier molecular flexibility index (Phi) is 12.9. The van der Waals surface area contributed by atoms with Gasteiger partial charge in [-0.25, -0.2) is 14.8 Å². The molecule has 10 nitrogen and oxygen atoms in total. The number of carbonyl (C=O) groups is 1. The largest absolute Gasteiger partial charge is 0.493 e. The van der Waals surface area contributed by atoms with Gasteiger partial charge in [0.25, 0.3) is 0 Å². The minimum absolute atomic E-state index is 0.184. The van der Waals surface area contributed by atoms with Crippen molar-refractivity contribution in [3.05, 3.63) is 239 Å². The molecule has 1 aliphatic carbocycles. The van der Waals surface area contributed by atoms with E-state index in [1.165, 1.54) is 12.1 Å². The predicted octanol–water partition coefficient (Wildman–Crippen LogP) is 16.2. The Morgan fingerprint density at radius 2 is 0.937 bits per heavy atom. The zero-order valence-electron chi connectivity index (χ0n) is 43.0. The van der Waals surface area contributed by atoms with Crippen molar-refractivity contribution in [2.45, 2.75) is 13.3 Å². The van der Waals surface area contributed by atoms with E-state index in [1.807, 2.05) is 60.7 Å². The quantitative estimate of drug-likeness (QED) is 0.0663. The number of nitrogens with one attached hydrogen (secondary N) is 2. The van der Waals surface area contributed by atoms with Crippen LogP contribution in [-0.2, 0) is 4.74 Å². The summed E-state index contributed by atoms with van der Waals surface area (Å²) in [5.41, 5.74) is 18.0. The Morgan fingerprint density at radius 1 is 0.468 bits per heavy atom. The van der Waals surface area contributed by atoms with Crippen LogP contribution in [0.25, 0.3) is 124 Å². The van der Waals surface area contributed by atoms with E-state index in [0.29, 0.717) is 53.4 Å². The van der Waals surface area contributed by atoms with E-state index in [1.54, 1.807) is 25.1 Å². The number of hydrogen-bond donors (Lipinski definition) is 2. The summed E-state index contributed by atoms with van der Waals surface area (Å²) in [6, 6.07) is 65.6. The molecule has 79 heavy (non-hydrogen) atoms. The van der Waals surface area contributed by atoms with Crippen molar-refractivity contribution < 1.29 is 23.4 Å². The first-order chi connectivity index (χ1) is 38.9. The lowest BCUT2D eigenvalue weighted by molar-refractivity contribution is 0.0527. The first-order valence-electron chi connectivity index (χ1n) is 26.4. The Bertz CT molecular complexity index is 4350. The minimum atomic E-state index is -0.425. The normalized spacial score (nSPS) is 11.8. The molecule has 6 aromatic carbocycles. The molecule has 0 spiro atoms. The van der Waals surface area contributed by atoms with Gasteiger partial charge < -0.3 is 28.6 Å². The lowest BCUT2D eigenvalue weighted by Gasteiger charge is -2.17. The van der Waals surface area contributed by atoms with Gasteiger partial charge in [0, 0.05) is 79.4 Å². The number of hydrogen-bond acceptors (Lipinski definition) is 8. The van der Waals surface area contributed by atoms with Gasteiger partial charge in [0.15, 0.2) is 5.43 Å². The number of benzene rings is 7. The standard InChI is InChI=1S/C69H50N4O6/c1-2-76-69(75)51-22-13-12-21-50(51)68-52-29-25-47(74)41-62(52)79-63-42-49(28-30-53(63)68)78-40-14-39-77-48-26-23-46(24-27-48)67-60-37-35-58(72-60)65(44-17-8-4-9-18-44)56-33-31-54(70-56)64(43-15-6-3-7-16-43)55-32-34-57(71-55)66(45-19-10-5-11-20-45)59-36-38-61(67)73-59/h3-13,15-38,41-42,70,73H,2,14,39-40H2,1H3. The van der Waals surface area contributed by atoms with E-state index in [-0.39, 0.29) is 12.0 Å². The van der Waals surface area contributed by atoms with Crippen molar-refractivity contribution in [1.82, 2.24) is 19.9 Å². The summed E-state index contributed by atoms with van der Waals surface area (Å²) < 4.78 is 24.3. The molecule has 6 heterocycles. The Labute approximate surface area is 455 Å². The maximum absolute atomic E-state index is 13.1. The van der Waals surface area contributed by atoms with Crippen LogP contribution in [0, 0.1) is 0 Å². The molecule has 0 saturated heterocycles. The van der Waals surface area contributed by atoms with Crippen molar-refractivity contribution in [2.24, 2.45) is 0 Å². The Balaban J connectivity index is 0.828. The third-order valence-corrected chi connectivity index (χ3v) is 14.3. The van der Waals surface area contributed by atoms with E-state index in [0.717, 1.165) is 106 Å². The average Bonchev–Trinajstić information content (AvgIpc) is 4.51. The maximum atomic E-state index is 13.1. The van der Waals surface area contributed by atoms with Gasteiger partial charge in [0.2, 0.25) is 0 Å². The van der Waals surface area contributed by atoms with Gasteiger partial charge in [-0.15, -0.1) is 0 Å². The van der Waals surface area contributed by atoms with E-state index in [9.17, 15) is 9.59 Å². The molecular weight excluding hydrogens is 981 g/mol. The fraction of sp³-hybridized carbons (Fsp3) is 0.0725. The molecule has 0 fully saturated rings. The van der Waals surface area contributed by atoms with Gasteiger partial charge >= 0.3 is 5.97 Å². The summed E-state index contributed by atoms with van der Waals surface area (Å²) in [6.45, 7) is 2.81. The summed E-state index contributed by atoms with van der Waals surface area (Å²) in [6.07, 6.45) is 9.05. The molecule has 3 aliphatic heterocycles. The van der Waals surface area contributed by atoms with E-state index in [2.05, 4.69) is 143 Å². The van der Waals surface area contributed by atoms with Crippen LogP contribution in [0.3, 0.4) is 0 Å². The molecule has 13 rings (SSSR count). The molecule has 8 bridgehead atoms. The van der Waals surface area contributed by atoms with Gasteiger partial charge in [0.1, 0.15) is 22.8 Å². The van der Waals surface area contributed by atoms with Crippen molar-refractivity contribution >= 4 is 63.3 Å². The van der Waals surface area contributed by atoms with Crippen LogP contribution in [0.5, 0.6) is 11.5 Å². The number of carbonyl (C=O) groups excluding carboxylic acids is 1. The van der Waals surface area contributed by atoms with Crippen LogP contribution in [0.2, 0.25) is 0 Å². The van der Waals surface area contributed by atoms with Crippen molar-refractivity contribution in [2.75, 3.05) is 19.8 Å². The molecular formula is C69H50N4O6. The summed E-state index contributed by atoms with van der Waals surface area (Å²) in [5, 5.41) is 0.764. The highest BCUT2D eigenvalue weighted by Gasteiger charge is 2.24. The third-order valence-electron chi connectivity index (χ3n) is 14.3. The second kappa shape index (κ2) is 21.0. The zero-order chi connectivity index (χ0) is 53.2. The molecule has 0 saturated carbocycles. The monoisotopic (exact) mass is 1030 g/mol. The van der Waals surface area contributed by atoms with E-state index in [4.69, 9.17) is 28.6 Å². The molecule has 0 amide bonds. The van der Waals surface area contributed by atoms with Crippen molar-refractivity contribution in [3.8, 4) is 78.5 Å². The van der Waals surface area contributed by atoms with Crippen LogP contribution >= 0.6 is 0 Å².